The van der Waals surface area contributed by atoms with Gasteiger partial charge in [-0.2, -0.15) is 0 Å². The Labute approximate surface area is 112 Å². The molecule has 0 aromatic heterocycles. The molecule has 0 spiro atoms. The average Bonchev–Trinajstić information content (AvgIpc) is 2.62. The van der Waals surface area contributed by atoms with Crippen molar-refractivity contribution in [2.75, 3.05) is 23.3 Å². The molecule has 1 heterocycles. The Morgan fingerprint density at radius 1 is 1.11 bits per heavy atom. The van der Waals surface area contributed by atoms with E-state index in [0.29, 0.717) is 0 Å². The molecule has 3 rings (SSSR count). The minimum Gasteiger partial charge on any atom is -0.383 e. The van der Waals surface area contributed by atoms with E-state index in [1.54, 1.807) is 12.1 Å². The van der Waals surface area contributed by atoms with Crippen LogP contribution in [0.5, 0.6) is 0 Å². The van der Waals surface area contributed by atoms with Gasteiger partial charge >= 0.3 is 0 Å². The average molecular weight is 256 g/mol. The van der Waals surface area contributed by atoms with Crippen molar-refractivity contribution in [3.63, 3.8) is 0 Å². The molecule has 0 saturated heterocycles. The summed E-state index contributed by atoms with van der Waals surface area (Å²) in [5.74, 6) is -0.168. The molecule has 3 heteroatoms. The summed E-state index contributed by atoms with van der Waals surface area (Å²) in [4.78, 5) is 2.31. The van der Waals surface area contributed by atoms with E-state index < -0.39 is 0 Å². The minimum atomic E-state index is -0.168. The van der Waals surface area contributed by atoms with Crippen molar-refractivity contribution in [1.29, 1.82) is 0 Å². The van der Waals surface area contributed by atoms with Crippen molar-refractivity contribution in [2.45, 2.75) is 13.0 Å². The third-order valence-electron chi connectivity index (χ3n) is 3.43. The zero-order valence-corrected chi connectivity index (χ0v) is 10.8. The number of para-hydroxylation sites is 2. The highest BCUT2D eigenvalue weighted by molar-refractivity contribution is 5.70. The van der Waals surface area contributed by atoms with Crippen LogP contribution in [0.15, 0.2) is 48.5 Å². The lowest BCUT2D eigenvalue weighted by atomic mass is 10.1. The first-order valence-electron chi connectivity index (χ1n) is 6.65. The highest BCUT2D eigenvalue weighted by Crippen LogP contribution is 2.29. The van der Waals surface area contributed by atoms with Gasteiger partial charge in [-0.15, -0.1) is 0 Å². The molecule has 2 aromatic carbocycles. The summed E-state index contributed by atoms with van der Waals surface area (Å²) in [5, 5.41) is 3.44. The lowest BCUT2D eigenvalue weighted by molar-refractivity contribution is 0.624. The summed E-state index contributed by atoms with van der Waals surface area (Å²) in [7, 11) is 0. The molecular weight excluding hydrogens is 239 g/mol. The lowest BCUT2D eigenvalue weighted by Crippen LogP contribution is -2.23. The normalized spacial score (nSPS) is 14.5. The molecule has 2 nitrogen and oxygen atoms in total. The molecule has 0 atom stereocenters. The molecule has 1 N–H and O–H groups in total. The maximum atomic E-state index is 13.3. The third-order valence-corrected chi connectivity index (χ3v) is 3.43. The summed E-state index contributed by atoms with van der Waals surface area (Å²) in [6, 6.07) is 15.1. The predicted octanol–water partition coefficient (Wildman–Crippen LogP) is 3.65. The predicted molar refractivity (Wildman–Crippen MR) is 77.0 cm³/mol. The first-order valence-corrected chi connectivity index (χ1v) is 6.65. The molecule has 0 bridgehead atoms. The van der Waals surface area contributed by atoms with Crippen LogP contribution in [0.2, 0.25) is 0 Å². The van der Waals surface area contributed by atoms with Crippen LogP contribution in [0, 0.1) is 5.82 Å². The van der Waals surface area contributed by atoms with Crippen LogP contribution >= 0.6 is 0 Å². The van der Waals surface area contributed by atoms with Crippen LogP contribution in [-0.4, -0.2) is 13.1 Å². The van der Waals surface area contributed by atoms with Crippen molar-refractivity contribution >= 4 is 11.4 Å². The Morgan fingerprint density at radius 3 is 2.89 bits per heavy atom. The van der Waals surface area contributed by atoms with Gasteiger partial charge in [0.15, 0.2) is 0 Å². The molecule has 98 valence electrons. The Balaban J connectivity index is 1.88. The minimum absolute atomic E-state index is 0.168. The number of rotatable bonds is 2. The van der Waals surface area contributed by atoms with E-state index in [1.807, 2.05) is 18.2 Å². The second-order valence-electron chi connectivity index (χ2n) is 4.85. The Kier molecular flexibility index (Phi) is 3.36. The molecule has 0 radical (unpaired) electrons. The SMILES string of the molecule is Fc1cccc(CN2CCCNc3ccccc32)c1. The van der Waals surface area contributed by atoms with Crippen molar-refractivity contribution in [3.8, 4) is 0 Å². The zero-order chi connectivity index (χ0) is 13.1. The molecular formula is C16H17FN2. The molecule has 0 unspecified atom stereocenters. The number of hydrogen-bond donors (Lipinski definition) is 1. The first kappa shape index (κ1) is 12.0. The molecule has 1 aliphatic rings. The van der Waals surface area contributed by atoms with Gasteiger partial charge in [-0.3, -0.25) is 0 Å². The number of nitrogens with zero attached hydrogens (tertiary/aromatic N) is 1. The summed E-state index contributed by atoms with van der Waals surface area (Å²) in [6.45, 7) is 2.72. The molecule has 0 amide bonds. The maximum absolute atomic E-state index is 13.3. The van der Waals surface area contributed by atoms with Gasteiger partial charge in [0, 0.05) is 19.6 Å². The number of benzene rings is 2. The van der Waals surface area contributed by atoms with Crippen LogP contribution in [-0.2, 0) is 6.54 Å². The fourth-order valence-corrected chi connectivity index (χ4v) is 2.53. The second kappa shape index (κ2) is 5.31. The van der Waals surface area contributed by atoms with Crippen LogP contribution in [0.4, 0.5) is 15.8 Å². The fraction of sp³-hybridized carbons (Fsp3) is 0.250. The summed E-state index contributed by atoms with van der Waals surface area (Å²) in [5.41, 5.74) is 3.37. The monoisotopic (exact) mass is 256 g/mol. The maximum Gasteiger partial charge on any atom is 0.123 e. The quantitative estimate of drug-likeness (QED) is 0.882. The van der Waals surface area contributed by atoms with Crippen molar-refractivity contribution in [3.05, 3.63) is 59.9 Å². The van der Waals surface area contributed by atoms with Gasteiger partial charge in [-0.1, -0.05) is 24.3 Å². The van der Waals surface area contributed by atoms with Crippen LogP contribution in [0.1, 0.15) is 12.0 Å². The van der Waals surface area contributed by atoms with Crippen molar-refractivity contribution in [1.82, 2.24) is 0 Å². The van der Waals surface area contributed by atoms with E-state index in [0.717, 1.165) is 37.3 Å². The molecule has 0 fully saturated rings. The van der Waals surface area contributed by atoms with E-state index in [9.17, 15) is 4.39 Å². The topological polar surface area (TPSA) is 15.3 Å². The van der Waals surface area contributed by atoms with Crippen LogP contribution < -0.4 is 10.2 Å². The number of hydrogen-bond acceptors (Lipinski definition) is 2. The van der Waals surface area contributed by atoms with E-state index in [1.165, 1.54) is 11.8 Å². The van der Waals surface area contributed by atoms with E-state index >= 15 is 0 Å². The Hall–Kier alpha value is -2.03. The molecule has 0 saturated carbocycles. The highest BCUT2D eigenvalue weighted by atomic mass is 19.1. The van der Waals surface area contributed by atoms with Crippen LogP contribution in [0.3, 0.4) is 0 Å². The van der Waals surface area contributed by atoms with Crippen molar-refractivity contribution < 1.29 is 4.39 Å². The molecule has 19 heavy (non-hydrogen) atoms. The third kappa shape index (κ3) is 2.70. The smallest absolute Gasteiger partial charge is 0.123 e. The largest absolute Gasteiger partial charge is 0.383 e. The zero-order valence-electron chi connectivity index (χ0n) is 10.8. The van der Waals surface area contributed by atoms with Gasteiger partial charge < -0.3 is 10.2 Å². The number of nitrogens with one attached hydrogen (secondary N) is 1. The van der Waals surface area contributed by atoms with Gasteiger partial charge in [-0.05, 0) is 36.2 Å². The van der Waals surface area contributed by atoms with Gasteiger partial charge in [0.25, 0.3) is 0 Å². The summed E-state index contributed by atoms with van der Waals surface area (Å²) < 4.78 is 13.3. The second-order valence-corrected chi connectivity index (χ2v) is 4.85. The molecule has 2 aromatic rings. The number of fused-ring (bicyclic) bond motifs is 1. The summed E-state index contributed by atoms with van der Waals surface area (Å²) >= 11 is 0. The highest BCUT2D eigenvalue weighted by Gasteiger charge is 2.14. The van der Waals surface area contributed by atoms with Gasteiger partial charge in [0.2, 0.25) is 0 Å². The van der Waals surface area contributed by atoms with E-state index in [4.69, 9.17) is 0 Å². The number of anilines is 2. The van der Waals surface area contributed by atoms with Gasteiger partial charge in [-0.25, -0.2) is 4.39 Å². The summed E-state index contributed by atoms with van der Waals surface area (Å²) in [6.07, 6.45) is 1.09. The Morgan fingerprint density at radius 2 is 2.00 bits per heavy atom. The Bertz CT molecular complexity index is 568. The van der Waals surface area contributed by atoms with Gasteiger partial charge in [0.05, 0.1) is 11.4 Å². The van der Waals surface area contributed by atoms with E-state index in [2.05, 4.69) is 22.3 Å². The van der Waals surface area contributed by atoms with E-state index in [-0.39, 0.29) is 5.82 Å². The van der Waals surface area contributed by atoms with Gasteiger partial charge in [0.1, 0.15) is 5.82 Å². The standard InChI is InChI=1S/C16H17FN2/c17-14-6-3-5-13(11-14)12-19-10-4-9-18-15-7-1-2-8-16(15)19/h1-3,5-8,11,18H,4,9-10,12H2. The molecule has 0 aliphatic carbocycles. The first-order chi connectivity index (χ1) is 9.33. The van der Waals surface area contributed by atoms with Crippen LogP contribution in [0.25, 0.3) is 0 Å². The molecule has 1 aliphatic heterocycles. The lowest BCUT2D eigenvalue weighted by Gasteiger charge is -2.24. The van der Waals surface area contributed by atoms with Crippen molar-refractivity contribution in [2.24, 2.45) is 0 Å². The number of halogens is 1. The fourth-order valence-electron chi connectivity index (χ4n) is 2.53.